The molecule has 1 fully saturated rings. The first-order valence-corrected chi connectivity index (χ1v) is 7.17. The Morgan fingerprint density at radius 1 is 1.42 bits per heavy atom. The van der Waals surface area contributed by atoms with Crippen molar-refractivity contribution in [1.29, 1.82) is 0 Å². The molecule has 0 spiro atoms. The van der Waals surface area contributed by atoms with E-state index in [4.69, 9.17) is 0 Å². The quantitative estimate of drug-likeness (QED) is 0.901. The summed E-state index contributed by atoms with van der Waals surface area (Å²) in [7, 11) is 0. The molecule has 0 atom stereocenters. The highest BCUT2D eigenvalue weighted by molar-refractivity contribution is 5.92. The van der Waals surface area contributed by atoms with E-state index in [2.05, 4.69) is 17.2 Å². The zero-order valence-corrected chi connectivity index (χ0v) is 11.9. The predicted molar refractivity (Wildman–Crippen MR) is 76.2 cm³/mol. The first kappa shape index (κ1) is 14.0. The maximum absolute atomic E-state index is 12.3. The number of rotatable bonds is 4. The minimum Gasteiger partial charge on any atom is -0.337 e. The monoisotopic (exact) mass is 261 g/mol. The van der Waals surface area contributed by atoms with Crippen molar-refractivity contribution in [2.75, 3.05) is 19.6 Å². The SMILES string of the molecule is CCCNC1CCN(C(=O)c2cccc(C)n2)CC1. The molecule has 19 heavy (non-hydrogen) atoms. The minimum absolute atomic E-state index is 0.0673. The van der Waals surface area contributed by atoms with Crippen LogP contribution in [0.3, 0.4) is 0 Å². The molecule has 1 aromatic rings. The van der Waals surface area contributed by atoms with Crippen LogP contribution < -0.4 is 5.32 Å². The molecule has 0 aliphatic carbocycles. The maximum Gasteiger partial charge on any atom is 0.272 e. The standard InChI is InChI=1S/C15H23N3O/c1-3-9-16-13-7-10-18(11-8-13)15(19)14-6-4-5-12(2)17-14/h4-6,13,16H,3,7-11H2,1-2H3. The summed E-state index contributed by atoms with van der Waals surface area (Å²) in [5.41, 5.74) is 1.46. The Bertz CT molecular complexity index is 425. The second-order valence-corrected chi connectivity index (χ2v) is 5.18. The lowest BCUT2D eigenvalue weighted by atomic mass is 10.0. The highest BCUT2D eigenvalue weighted by atomic mass is 16.2. The van der Waals surface area contributed by atoms with Crippen molar-refractivity contribution >= 4 is 5.91 Å². The Kier molecular flexibility index (Phi) is 4.91. The lowest BCUT2D eigenvalue weighted by Crippen LogP contribution is -2.45. The summed E-state index contributed by atoms with van der Waals surface area (Å²) < 4.78 is 0. The Morgan fingerprint density at radius 3 is 2.79 bits per heavy atom. The van der Waals surface area contributed by atoms with E-state index in [9.17, 15) is 4.79 Å². The summed E-state index contributed by atoms with van der Waals surface area (Å²) in [5, 5.41) is 3.53. The van der Waals surface area contributed by atoms with E-state index >= 15 is 0 Å². The number of hydrogen-bond donors (Lipinski definition) is 1. The number of likely N-dealkylation sites (tertiary alicyclic amines) is 1. The molecule has 1 N–H and O–H groups in total. The molecule has 2 rings (SSSR count). The summed E-state index contributed by atoms with van der Waals surface area (Å²) in [5.74, 6) is 0.0673. The van der Waals surface area contributed by atoms with Crippen LogP contribution in [0.4, 0.5) is 0 Å². The van der Waals surface area contributed by atoms with Crippen molar-refractivity contribution in [3.8, 4) is 0 Å². The van der Waals surface area contributed by atoms with E-state index in [1.807, 2.05) is 24.0 Å². The molecule has 0 bridgehead atoms. The molecule has 0 unspecified atom stereocenters. The fourth-order valence-corrected chi connectivity index (χ4v) is 2.46. The molecule has 0 saturated carbocycles. The molecule has 104 valence electrons. The summed E-state index contributed by atoms with van der Waals surface area (Å²) >= 11 is 0. The third kappa shape index (κ3) is 3.77. The Hall–Kier alpha value is -1.42. The molecule has 1 aromatic heterocycles. The van der Waals surface area contributed by atoms with Crippen LogP contribution in [-0.4, -0.2) is 41.5 Å². The third-order valence-electron chi connectivity index (χ3n) is 3.57. The second kappa shape index (κ2) is 6.66. The Morgan fingerprint density at radius 2 is 2.16 bits per heavy atom. The molecule has 1 aliphatic rings. The average Bonchev–Trinajstić information content (AvgIpc) is 2.45. The minimum atomic E-state index is 0.0673. The largest absolute Gasteiger partial charge is 0.337 e. The Balaban J connectivity index is 1.89. The van der Waals surface area contributed by atoms with Gasteiger partial charge in [-0.2, -0.15) is 0 Å². The van der Waals surface area contributed by atoms with Gasteiger partial charge in [0.1, 0.15) is 5.69 Å². The number of aromatic nitrogens is 1. The van der Waals surface area contributed by atoms with E-state index in [1.54, 1.807) is 6.07 Å². The number of carbonyl (C=O) groups is 1. The summed E-state index contributed by atoms with van der Waals surface area (Å²) in [6.45, 7) is 6.82. The van der Waals surface area contributed by atoms with Gasteiger partial charge < -0.3 is 10.2 Å². The number of nitrogens with one attached hydrogen (secondary N) is 1. The van der Waals surface area contributed by atoms with Crippen molar-refractivity contribution in [1.82, 2.24) is 15.2 Å². The smallest absolute Gasteiger partial charge is 0.272 e. The Labute approximate surface area is 115 Å². The number of hydrogen-bond acceptors (Lipinski definition) is 3. The van der Waals surface area contributed by atoms with Gasteiger partial charge in [-0.3, -0.25) is 4.79 Å². The highest BCUT2D eigenvalue weighted by Crippen LogP contribution is 2.13. The number of amides is 1. The molecule has 1 aliphatic heterocycles. The van der Waals surface area contributed by atoms with Gasteiger partial charge in [0.15, 0.2) is 0 Å². The van der Waals surface area contributed by atoms with Crippen LogP contribution >= 0.6 is 0 Å². The van der Waals surface area contributed by atoms with E-state index < -0.39 is 0 Å². The van der Waals surface area contributed by atoms with Crippen LogP contribution in [0.1, 0.15) is 42.4 Å². The number of carbonyl (C=O) groups excluding carboxylic acids is 1. The normalized spacial score (nSPS) is 16.6. The lowest BCUT2D eigenvalue weighted by molar-refractivity contribution is 0.0699. The van der Waals surface area contributed by atoms with Crippen molar-refractivity contribution in [3.05, 3.63) is 29.6 Å². The molecule has 0 radical (unpaired) electrons. The van der Waals surface area contributed by atoms with Gasteiger partial charge in [-0.05, 0) is 44.9 Å². The van der Waals surface area contributed by atoms with Gasteiger partial charge in [0, 0.05) is 24.8 Å². The van der Waals surface area contributed by atoms with E-state index in [-0.39, 0.29) is 5.91 Å². The fourth-order valence-electron chi connectivity index (χ4n) is 2.46. The van der Waals surface area contributed by atoms with Gasteiger partial charge >= 0.3 is 0 Å². The first-order chi connectivity index (χ1) is 9.20. The van der Waals surface area contributed by atoms with Crippen molar-refractivity contribution in [3.63, 3.8) is 0 Å². The average molecular weight is 261 g/mol. The second-order valence-electron chi connectivity index (χ2n) is 5.18. The predicted octanol–water partition coefficient (Wildman–Crippen LogP) is 1.99. The fraction of sp³-hybridized carbons (Fsp3) is 0.600. The van der Waals surface area contributed by atoms with Gasteiger partial charge in [0.05, 0.1) is 0 Å². The van der Waals surface area contributed by atoms with Crippen LogP contribution in [0.25, 0.3) is 0 Å². The van der Waals surface area contributed by atoms with Crippen molar-refractivity contribution in [2.24, 2.45) is 0 Å². The van der Waals surface area contributed by atoms with Crippen LogP contribution in [0.15, 0.2) is 18.2 Å². The van der Waals surface area contributed by atoms with E-state index in [1.165, 1.54) is 0 Å². The van der Waals surface area contributed by atoms with Gasteiger partial charge in [-0.25, -0.2) is 4.98 Å². The van der Waals surface area contributed by atoms with Crippen LogP contribution in [0.5, 0.6) is 0 Å². The molecular weight excluding hydrogens is 238 g/mol. The number of pyridine rings is 1. The molecule has 1 amide bonds. The maximum atomic E-state index is 12.3. The van der Waals surface area contributed by atoms with E-state index in [0.29, 0.717) is 11.7 Å². The van der Waals surface area contributed by atoms with Gasteiger partial charge in [-0.1, -0.05) is 13.0 Å². The highest BCUT2D eigenvalue weighted by Gasteiger charge is 2.23. The van der Waals surface area contributed by atoms with Crippen molar-refractivity contribution < 1.29 is 4.79 Å². The third-order valence-corrected chi connectivity index (χ3v) is 3.57. The molecule has 4 nitrogen and oxygen atoms in total. The number of aryl methyl sites for hydroxylation is 1. The summed E-state index contributed by atoms with van der Waals surface area (Å²) in [6.07, 6.45) is 3.24. The number of piperidine rings is 1. The van der Waals surface area contributed by atoms with Gasteiger partial charge in [0.25, 0.3) is 5.91 Å². The van der Waals surface area contributed by atoms with Crippen molar-refractivity contribution in [2.45, 2.75) is 39.2 Å². The topological polar surface area (TPSA) is 45.2 Å². The van der Waals surface area contributed by atoms with Crippen LogP contribution in [0.2, 0.25) is 0 Å². The molecular formula is C15H23N3O. The zero-order valence-electron chi connectivity index (χ0n) is 11.9. The van der Waals surface area contributed by atoms with Gasteiger partial charge in [0.2, 0.25) is 0 Å². The van der Waals surface area contributed by atoms with Gasteiger partial charge in [-0.15, -0.1) is 0 Å². The van der Waals surface area contributed by atoms with E-state index in [0.717, 1.165) is 44.6 Å². The molecule has 0 aromatic carbocycles. The first-order valence-electron chi connectivity index (χ1n) is 7.17. The molecule has 2 heterocycles. The van der Waals surface area contributed by atoms with Crippen LogP contribution in [0, 0.1) is 6.92 Å². The summed E-state index contributed by atoms with van der Waals surface area (Å²) in [6, 6.07) is 6.17. The summed E-state index contributed by atoms with van der Waals surface area (Å²) in [4.78, 5) is 18.5. The number of nitrogens with zero attached hydrogens (tertiary/aromatic N) is 2. The molecule has 1 saturated heterocycles. The molecule has 4 heteroatoms. The van der Waals surface area contributed by atoms with Crippen LogP contribution in [-0.2, 0) is 0 Å². The lowest BCUT2D eigenvalue weighted by Gasteiger charge is -2.32. The zero-order chi connectivity index (χ0) is 13.7.